The van der Waals surface area contributed by atoms with Crippen molar-refractivity contribution in [1.29, 1.82) is 0 Å². The van der Waals surface area contributed by atoms with Crippen LogP contribution in [0, 0.1) is 29.9 Å². The minimum Gasteiger partial charge on any atom is -0.452 e. The molecule has 3 rings (SSSR count). The summed E-state index contributed by atoms with van der Waals surface area (Å²) >= 11 is 0. The van der Waals surface area contributed by atoms with Crippen LogP contribution >= 0.6 is 0 Å². The van der Waals surface area contributed by atoms with Gasteiger partial charge in [0.1, 0.15) is 11.4 Å². The van der Waals surface area contributed by atoms with Gasteiger partial charge < -0.3 is 9.64 Å². The summed E-state index contributed by atoms with van der Waals surface area (Å²) in [6.07, 6.45) is 2.08. The van der Waals surface area contributed by atoms with E-state index in [9.17, 15) is 19.7 Å². The summed E-state index contributed by atoms with van der Waals surface area (Å²) in [5.41, 5.74) is 2.04. The van der Waals surface area contributed by atoms with Gasteiger partial charge in [-0.25, -0.2) is 4.79 Å². The minimum absolute atomic E-state index is 0.0166. The van der Waals surface area contributed by atoms with Gasteiger partial charge in [0.2, 0.25) is 0 Å². The lowest BCUT2D eigenvalue weighted by Crippen LogP contribution is -2.41. The lowest BCUT2D eigenvalue weighted by atomic mass is 10.0. The van der Waals surface area contributed by atoms with Crippen molar-refractivity contribution >= 4 is 17.6 Å². The third-order valence-electron chi connectivity index (χ3n) is 5.38. The number of piperidine rings is 1. The Kier molecular flexibility index (Phi) is 6.49. The summed E-state index contributed by atoms with van der Waals surface area (Å²) in [6.45, 7) is 6.87. The van der Waals surface area contributed by atoms with E-state index in [4.69, 9.17) is 4.74 Å². The smallest absolute Gasteiger partial charge is 0.338 e. The average Bonchev–Trinajstić information content (AvgIpc) is 2.99. The number of amides is 1. The molecule has 160 valence electrons. The fourth-order valence-corrected chi connectivity index (χ4v) is 3.74. The van der Waals surface area contributed by atoms with Crippen molar-refractivity contribution in [3.8, 4) is 0 Å². The second-order valence-corrected chi connectivity index (χ2v) is 7.79. The first-order valence-electron chi connectivity index (χ1n) is 9.98. The maximum Gasteiger partial charge on any atom is 0.338 e. The standard InChI is InChI=1S/C21H26N4O5/c1-14-5-4-10-23(11-14)19(26)13-30-21(27)18-8-6-17(7-9-18)12-24-16(3)20(25(28)29)15(2)22-24/h6-9,14H,4-5,10-13H2,1-3H3/t14-/m1/s1. The summed E-state index contributed by atoms with van der Waals surface area (Å²) in [5.74, 6) is -0.256. The zero-order valence-corrected chi connectivity index (χ0v) is 17.5. The summed E-state index contributed by atoms with van der Waals surface area (Å²) in [6, 6.07) is 6.72. The second kappa shape index (κ2) is 9.06. The first-order chi connectivity index (χ1) is 14.3. The van der Waals surface area contributed by atoms with E-state index in [1.807, 2.05) is 0 Å². The molecule has 1 fully saturated rings. The van der Waals surface area contributed by atoms with Crippen LogP contribution in [-0.4, -0.2) is 51.2 Å². The zero-order chi connectivity index (χ0) is 21.8. The number of carbonyl (C=O) groups is 2. The number of likely N-dealkylation sites (tertiary alicyclic amines) is 1. The van der Waals surface area contributed by atoms with Crippen molar-refractivity contribution in [2.24, 2.45) is 5.92 Å². The number of rotatable bonds is 6. The van der Waals surface area contributed by atoms with Crippen molar-refractivity contribution in [1.82, 2.24) is 14.7 Å². The van der Waals surface area contributed by atoms with Gasteiger partial charge in [0.05, 0.1) is 17.0 Å². The highest BCUT2D eigenvalue weighted by molar-refractivity contribution is 5.91. The van der Waals surface area contributed by atoms with Crippen LogP contribution in [0.15, 0.2) is 24.3 Å². The van der Waals surface area contributed by atoms with Crippen molar-refractivity contribution in [3.63, 3.8) is 0 Å². The van der Waals surface area contributed by atoms with Crippen LogP contribution in [0.1, 0.15) is 47.1 Å². The van der Waals surface area contributed by atoms with E-state index < -0.39 is 10.9 Å². The Morgan fingerprint density at radius 1 is 1.27 bits per heavy atom. The average molecular weight is 414 g/mol. The Hall–Kier alpha value is -3.23. The molecule has 2 heterocycles. The number of aromatic nitrogens is 2. The van der Waals surface area contributed by atoms with E-state index in [1.165, 1.54) is 0 Å². The molecule has 0 unspecified atom stereocenters. The van der Waals surface area contributed by atoms with Crippen molar-refractivity contribution in [2.45, 2.75) is 40.2 Å². The third-order valence-corrected chi connectivity index (χ3v) is 5.38. The molecule has 0 N–H and O–H groups in total. The van der Waals surface area contributed by atoms with Gasteiger partial charge in [-0.05, 0) is 50.3 Å². The number of aryl methyl sites for hydroxylation is 1. The third kappa shape index (κ3) is 4.84. The molecule has 0 aliphatic carbocycles. The molecular weight excluding hydrogens is 388 g/mol. The van der Waals surface area contributed by atoms with Crippen LogP contribution in [0.4, 0.5) is 5.69 Å². The fourth-order valence-electron chi connectivity index (χ4n) is 3.74. The first kappa shape index (κ1) is 21.5. The Bertz CT molecular complexity index is 951. The number of ether oxygens (including phenoxy) is 1. The zero-order valence-electron chi connectivity index (χ0n) is 17.5. The van der Waals surface area contributed by atoms with Gasteiger partial charge >= 0.3 is 11.7 Å². The van der Waals surface area contributed by atoms with Crippen molar-refractivity contribution in [2.75, 3.05) is 19.7 Å². The van der Waals surface area contributed by atoms with E-state index in [0.29, 0.717) is 42.5 Å². The molecule has 1 aromatic carbocycles. The number of nitrogens with zero attached hydrogens (tertiary/aromatic N) is 4. The molecule has 2 aromatic rings. The predicted molar refractivity (Wildman–Crippen MR) is 109 cm³/mol. The molecule has 9 nitrogen and oxygen atoms in total. The lowest BCUT2D eigenvalue weighted by Gasteiger charge is -2.30. The lowest BCUT2D eigenvalue weighted by molar-refractivity contribution is -0.386. The maximum absolute atomic E-state index is 12.3. The van der Waals surface area contributed by atoms with Crippen LogP contribution in [0.5, 0.6) is 0 Å². The van der Waals surface area contributed by atoms with E-state index >= 15 is 0 Å². The highest BCUT2D eigenvalue weighted by atomic mass is 16.6. The highest BCUT2D eigenvalue weighted by Crippen LogP contribution is 2.22. The maximum atomic E-state index is 12.3. The number of benzene rings is 1. The van der Waals surface area contributed by atoms with Gasteiger partial charge in [0.25, 0.3) is 5.91 Å². The van der Waals surface area contributed by atoms with Gasteiger partial charge in [0.15, 0.2) is 6.61 Å². The van der Waals surface area contributed by atoms with Gasteiger partial charge in [-0.2, -0.15) is 5.10 Å². The normalized spacial score (nSPS) is 16.4. The van der Waals surface area contributed by atoms with Gasteiger partial charge in [-0.1, -0.05) is 19.1 Å². The van der Waals surface area contributed by atoms with Crippen LogP contribution in [0.2, 0.25) is 0 Å². The van der Waals surface area contributed by atoms with Crippen molar-refractivity contribution in [3.05, 3.63) is 56.9 Å². The Morgan fingerprint density at radius 3 is 2.57 bits per heavy atom. The Morgan fingerprint density at radius 2 is 1.97 bits per heavy atom. The molecular formula is C21H26N4O5. The summed E-state index contributed by atoms with van der Waals surface area (Å²) in [7, 11) is 0. The molecule has 0 spiro atoms. The second-order valence-electron chi connectivity index (χ2n) is 7.79. The number of carbonyl (C=O) groups excluding carboxylic acids is 2. The summed E-state index contributed by atoms with van der Waals surface area (Å²) in [5, 5.41) is 15.4. The Balaban J connectivity index is 1.57. The SMILES string of the molecule is Cc1nn(Cc2ccc(C(=O)OCC(=O)N3CCC[C@@H](C)C3)cc2)c(C)c1[N+](=O)[O-]. The molecule has 1 atom stereocenters. The molecule has 1 aromatic heterocycles. The van der Waals surface area contributed by atoms with Gasteiger partial charge in [0, 0.05) is 13.1 Å². The summed E-state index contributed by atoms with van der Waals surface area (Å²) < 4.78 is 6.75. The quantitative estimate of drug-likeness (QED) is 0.409. The molecule has 1 aliphatic heterocycles. The molecule has 0 saturated carbocycles. The van der Waals surface area contributed by atoms with Crippen LogP contribution in [-0.2, 0) is 16.1 Å². The Labute approximate surface area is 174 Å². The van der Waals surface area contributed by atoms with Crippen LogP contribution in [0.3, 0.4) is 0 Å². The molecule has 1 amide bonds. The topological polar surface area (TPSA) is 108 Å². The molecule has 9 heteroatoms. The van der Waals surface area contributed by atoms with Crippen molar-refractivity contribution < 1.29 is 19.2 Å². The van der Waals surface area contributed by atoms with E-state index in [2.05, 4.69) is 12.0 Å². The summed E-state index contributed by atoms with van der Waals surface area (Å²) in [4.78, 5) is 36.9. The van der Waals surface area contributed by atoms with Crippen LogP contribution in [0.25, 0.3) is 0 Å². The van der Waals surface area contributed by atoms with E-state index in [1.54, 1.807) is 47.7 Å². The van der Waals surface area contributed by atoms with Gasteiger partial charge in [-0.3, -0.25) is 19.6 Å². The number of esters is 1. The largest absolute Gasteiger partial charge is 0.452 e. The number of hydrogen-bond acceptors (Lipinski definition) is 6. The molecule has 0 bridgehead atoms. The monoisotopic (exact) mass is 414 g/mol. The van der Waals surface area contributed by atoms with E-state index in [0.717, 1.165) is 18.4 Å². The number of hydrogen-bond donors (Lipinski definition) is 0. The molecule has 0 radical (unpaired) electrons. The van der Waals surface area contributed by atoms with E-state index in [-0.39, 0.29) is 18.2 Å². The number of nitro groups is 1. The predicted octanol–water partition coefficient (Wildman–Crippen LogP) is 2.87. The first-order valence-corrected chi connectivity index (χ1v) is 9.98. The fraction of sp³-hybridized carbons (Fsp3) is 0.476. The highest BCUT2D eigenvalue weighted by Gasteiger charge is 2.23. The molecule has 1 aliphatic rings. The molecule has 30 heavy (non-hydrogen) atoms. The molecule has 1 saturated heterocycles. The minimum atomic E-state index is -0.554. The van der Waals surface area contributed by atoms with Gasteiger partial charge in [-0.15, -0.1) is 0 Å². The van der Waals surface area contributed by atoms with Crippen LogP contribution < -0.4 is 0 Å².